The zero-order valence-electron chi connectivity index (χ0n) is 11.9. The maximum atomic E-state index is 5.34. The molecule has 2 nitrogen and oxygen atoms in total. The molecule has 0 aromatic heterocycles. The van der Waals surface area contributed by atoms with E-state index < -0.39 is 0 Å². The SMILES string of the molecule is CCNC(Cc1cc(OC)ccc1Br)C1CCCC1. The highest BCUT2D eigenvalue weighted by molar-refractivity contribution is 9.10. The second kappa shape index (κ2) is 7.30. The van der Waals surface area contributed by atoms with Crippen LogP contribution in [0.5, 0.6) is 5.75 Å². The summed E-state index contributed by atoms with van der Waals surface area (Å²) in [6.07, 6.45) is 6.62. The van der Waals surface area contributed by atoms with Crippen molar-refractivity contribution in [3.63, 3.8) is 0 Å². The zero-order chi connectivity index (χ0) is 13.7. The van der Waals surface area contributed by atoms with E-state index in [0.29, 0.717) is 6.04 Å². The minimum atomic E-state index is 0.593. The highest BCUT2D eigenvalue weighted by Crippen LogP contribution is 2.31. The Balaban J connectivity index is 2.11. The Labute approximate surface area is 125 Å². The Bertz CT molecular complexity index is 402. The van der Waals surface area contributed by atoms with Gasteiger partial charge in [0.05, 0.1) is 7.11 Å². The average molecular weight is 326 g/mol. The van der Waals surface area contributed by atoms with E-state index in [1.54, 1.807) is 7.11 Å². The number of nitrogens with one attached hydrogen (secondary N) is 1. The Hall–Kier alpha value is -0.540. The number of methoxy groups -OCH3 is 1. The van der Waals surface area contributed by atoms with Crippen LogP contribution in [0.2, 0.25) is 0 Å². The smallest absolute Gasteiger partial charge is 0.119 e. The van der Waals surface area contributed by atoms with Crippen LogP contribution in [0, 0.1) is 5.92 Å². The molecule has 1 fully saturated rings. The molecule has 3 heteroatoms. The highest BCUT2D eigenvalue weighted by Gasteiger charge is 2.25. The van der Waals surface area contributed by atoms with Gasteiger partial charge in [-0.05, 0) is 55.5 Å². The molecule has 0 spiro atoms. The van der Waals surface area contributed by atoms with E-state index in [1.807, 2.05) is 6.07 Å². The molecule has 1 N–H and O–H groups in total. The van der Waals surface area contributed by atoms with Crippen LogP contribution in [0.3, 0.4) is 0 Å². The molecular weight excluding hydrogens is 302 g/mol. The van der Waals surface area contributed by atoms with Crippen molar-refractivity contribution in [2.75, 3.05) is 13.7 Å². The van der Waals surface area contributed by atoms with Crippen molar-refractivity contribution in [1.29, 1.82) is 0 Å². The number of rotatable bonds is 6. The highest BCUT2D eigenvalue weighted by atomic mass is 79.9. The molecule has 1 aromatic rings. The van der Waals surface area contributed by atoms with Crippen molar-refractivity contribution in [3.05, 3.63) is 28.2 Å². The fourth-order valence-electron chi connectivity index (χ4n) is 3.10. The van der Waals surface area contributed by atoms with E-state index in [0.717, 1.165) is 24.6 Å². The molecule has 0 bridgehead atoms. The number of benzene rings is 1. The minimum Gasteiger partial charge on any atom is -0.497 e. The van der Waals surface area contributed by atoms with E-state index in [4.69, 9.17) is 4.74 Å². The summed E-state index contributed by atoms with van der Waals surface area (Å²) in [5.41, 5.74) is 1.34. The minimum absolute atomic E-state index is 0.593. The molecule has 106 valence electrons. The van der Waals surface area contributed by atoms with E-state index in [2.05, 4.69) is 40.3 Å². The Morgan fingerprint density at radius 3 is 2.74 bits per heavy atom. The summed E-state index contributed by atoms with van der Waals surface area (Å²) < 4.78 is 6.52. The van der Waals surface area contributed by atoms with E-state index in [1.165, 1.54) is 35.7 Å². The van der Waals surface area contributed by atoms with Crippen molar-refractivity contribution < 1.29 is 4.74 Å². The van der Waals surface area contributed by atoms with Gasteiger partial charge in [-0.1, -0.05) is 35.7 Å². The summed E-state index contributed by atoms with van der Waals surface area (Å²) in [5.74, 6) is 1.78. The Morgan fingerprint density at radius 2 is 2.11 bits per heavy atom. The predicted octanol–water partition coefficient (Wildman–Crippen LogP) is 4.17. The van der Waals surface area contributed by atoms with Crippen LogP contribution in [-0.4, -0.2) is 19.7 Å². The normalized spacial score (nSPS) is 17.6. The molecule has 1 saturated carbocycles. The van der Waals surface area contributed by atoms with Crippen LogP contribution in [0.15, 0.2) is 22.7 Å². The van der Waals surface area contributed by atoms with E-state index in [9.17, 15) is 0 Å². The number of ether oxygens (including phenoxy) is 1. The van der Waals surface area contributed by atoms with Gasteiger partial charge in [0.2, 0.25) is 0 Å². The number of hydrogen-bond acceptors (Lipinski definition) is 2. The van der Waals surface area contributed by atoms with Gasteiger partial charge in [-0.2, -0.15) is 0 Å². The lowest BCUT2D eigenvalue weighted by Crippen LogP contribution is -2.37. The molecule has 1 aliphatic carbocycles. The average Bonchev–Trinajstić information content (AvgIpc) is 2.94. The lowest BCUT2D eigenvalue weighted by molar-refractivity contribution is 0.361. The molecule has 0 amide bonds. The molecule has 1 aromatic carbocycles. The van der Waals surface area contributed by atoms with Gasteiger partial charge in [-0.3, -0.25) is 0 Å². The van der Waals surface area contributed by atoms with Gasteiger partial charge in [0.1, 0.15) is 5.75 Å². The summed E-state index contributed by atoms with van der Waals surface area (Å²) in [6, 6.07) is 6.84. The summed E-state index contributed by atoms with van der Waals surface area (Å²) in [4.78, 5) is 0. The van der Waals surface area contributed by atoms with Gasteiger partial charge in [0.15, 0.2) is 0 Å². The Morgan fingerprint density at radius 1 is 1.37 bits per heavy atom. The predicted molar refractivity (Wildman–Crippen MR) is 83.8 cm³/mol. The quantitative estimate of drug-likeness (QED) is 0.847. The third-order valence-electron chi connectivity index (χ3n) is 4.13. The molecule has 1 aliphatic rings. The number of halogens is 1. The second-order valence-corrected chi connectivity index (χ2v) is 6.22. The first-order valence-corrected chi connectivity index (χ1v) is 8.09. The molecule has 0 saturated heterocycles. The number of likely N-dealkylation sites (N-methyl/N-ethyl adjacent to an activating group) is 1. The largest absolute Gasteiger partial charge is 0.497 e. The third-order valence-corrected chi connectivity index (χ3v) is 4.90. The standard InChI is InChI=1S/C16H24BrNO/c1-3-18-16(12-6-4-5-7-12)11-13-10-14(19-2)8-9-15(13)17/h8-10,12,16,18H,3-7,11H2,1-2H3. The molecule has 0 heterocycles. The van der Waals surface area contributed by atoms with Crippen LogP contribution in [-0.2, 0) is 6.42 Å². The molecule has 1 atom stereocenters. The Kier molecular flexibility index (Phi) is 5.71. The second-order valence-electron chi connectivity index (χ2n) is 5.37. The molecule has 1 unspecified atom stereocenters. The van der Waals surface area contributed by atoms with E-state index in [-0.39, 0.29) is 0 Å². The van der Waals surface area contributed by atoms with Gasteiger partial charge in [-0.25, -0.2) is 0 Å². The van der Waals surface area contributed by atoms with Crippen molar-refractivity contribution in [2.24, 2.45) is 5.92 Å². The van der Waals surface area contributed by atoms with Crippen LogP contribution in [0.25, 0.3) is 0 Å². The third kappa shape index (κ3) is 3.96. The summed E-state index contributed by atoms with van der Waals surface area (Å²) in [7, 11) is 1.73. The fraction of sp³-hybridized carbons (Fsp3) is 0.625. The van der Waals surface area contributed by atoms with Crippen LogP contribution < -0.4 is 10.1 Å². The molecular formula is C16H24BrNO. The van der Waals surface area contributed by atoms with Crippen LogP contribution in [0.1, 0.15) is 38.2 Å². The first-order valence-electron chi connectivity index (χ1n) is 7.30. The fourth-order valence-corrected chi connectivity index (χ4v) is 3.51. The summed E-state index contributed by atoms with van der Waals surface area (Å²) in [6.45, 7) is 3.24. The lowest BCUT2D eigenvalue weighted by Gasteiger charge is -2.25. The summed E-state index contributed by atoms with van der Waals surface area (Å²) in [5, 5.41) is 3.68. The molecule has 2 rings (SSSR count). The maximum absolute atomic E-state index is 5.34. The molecule has 0 aliphatic heterocycles. The van der Waals surface area contributed by atoms with Gasteiger partial charge in [0.25, 0.3) is 0 Å². The van der Waals surface area contributed by atoms with Gasteiger partial charge in [0, 0.05) is 10.5 Å². The first kappa shape index (κ1) is 14.9. The van der Waals surface area contributed by atoms with Gasteiger partial charge < -0.3 is 10.1 Å². The molecule has 0 radical (unpaired) electrons. The van der Waals surface area contributed by atoms with E-state index >= 15 is 0 Å². The number of hydrogen-bond donors (Lipinski definition) is 1. The van der Waals surface area contributed by atoms with Crippen molar-refractivity contribution in [1.82, 2.24) is 5.32 Å². The van der Waals surface area contributed by atoms with Crippen LogP contribution >= 0.6 is 15.9 Å². The van der Waals surface area contributed by atoms with Crippen molar-refractivity contribution >= 4 is 15.9 Å². The monoisotopic (exact) mass is 325 g/mol. The summed E-state index contributed by atoms with van der Waals surface area (Å²) >= 11 is 3.66. The van der Waals surface area contributed by atoms with Gasteiger partial charge >= 0.3 is 0 Å². The molecule has 19 heavy (non-hydrogen) atoms. The zero-order valence-corrected chi connectivity index (χ0v) is 13.5. The van der Waals surface area contributed by atoms with Gasteiger partial charge in [-0.15, -0.1) is 0 Å². The topological polar surface area (TPSA) is 21.3 Å². The van der Waals surface area contributed by atoms with Crippen molar-refractivity contribution in [3.8, 4) is 5.75 Å². The first-order chi connectivity index (χ1) is 9.24. The maximum Gasteiger partial charge on any atom is 0.119 e. The van der Waals surface area contributed by atoms with Crippen molar-refractivity contribution in [2.45, 2.75) is 45.1 Å². The van der Waals surface area contributed by atoms with Crippen LogP contribution in [0.4, 0.5) is 0 Å². The lowest BCUT2D eigenvalue weighted by atomic mass is 9.92.